The Bertz CT molecular complexity index is 1120. The summed E-state index contributed by atoms with van der Waals surface area (Å²) in [5.41, 5.74) is 2.49. The summed E-state index contributed by atoms with van der Waals surface area (Å²) in [5.74, 6) is -1.93. The molecule has 0 aliphatic heterocycles. The van der Waals surface area contributed by atoms with Crippen LogP contribution in [0.5, 0.6) is 0 Å². The van der Waals surface area contributed by atoms with E-state index in [0.717, 1.165) is 0 Å². The minimum Gasteiger partial charge on any atom is -0.478 e. The molecule has 0 spiro atoms. The Balaban J connectivity index is 1.60. The molecule has 156 valence electrons. The number of carboxylic acids is 1. The fourth-order valence-corrected chi connectivity index (χ4v) is 2.72. The van der Waals surface area contributed by atoms with Crippen LogP contribution >= 0.6 is 0 Å². The van der Waals surface area contributed by atoms with E-state index in [9.17, 15) is 19.2 Å². The van der Waals surface area contributed by atoms with Crippen LogP contribution in [0.3, 0.4) is 0 Å². The predicted octanol–water partition coefficient (Wildman–Crippen LogP) is 3.85. The van der Waals surface area contributed by atoms with Crippen molar-refractivity contribution in [1.82, 2.24) is 0 Å². The predicted molar refractivity (Wildman–Crippen MR) is 116 cm³/mol. The Hall–Kier alpha value is -4.46. The molecular formula is C23H19N3O5. The van der Waals surface area contributed by atoms with Gasteiger partial charge in [0.15, 0.2) is 0 Å². The van der Waals surface area contributed by atoms with Crippen molar-refractivity contribution in [3.05, 3.63) is 89.5 Å². The standard InChI is InChI=1S/C23H19N3O5/c1-14(27)24-18-8-2-15(3-9-18)21(28)25-19-10-4-16(5-11-19)22(29)26-20-12-6-17(7-13-20)23(30)31/h2-13H,1H3,(H,24,27)(H,25,28)(H,26,29)(H,30,31). The van der Waals surface area contributed by atoms with Gasteiger partial charge >= 0.3 is 5.97 Å². The molecule has 3 rings (SSSR count). The van der Waals surface area contributed by atoms with Crippen molar-refractivity contribution in [2.75, 3.05) is 16.0 Å². The number of nitrogens with one attached hydrogen (secondary N) is 3. The first-order chi connectivity index (χ1) is 14.8. The van der Waals surface area contributed by atoms with E-state index < -0.39 is 5.97 Å². The number of carbonyl (C=O) groups excluding carboxylic acids is 3. The topological polar surface area (TPSA) is 125 Å². The molecule has 3 aromatic carbocycles. The van der Waals surface area contributed by atoms with E-state index in [2.05, 4.69) is 16.0 Å². The molecule has 0 aliphatic rings. The lowest BCUT2D eigenvalue weighted by molar-refractivity contribution is -0.114. The molecule has 0 fully saturated rings. The van der Waals surface area contributed by atoms with Gasteiger partial charge in [0, 0.05) is 35.1 Å². The number of anilines is 3. The van der Waals surface area contributed by atoms with Crippen LogP contribution in [-0.2, 0) is 4.79 Å². The number of carboxylic acid groups (broad SMARTS) is 1. The smallest absolute Gasteiger partial charge is 0.335 e. The normalized spacial score (nSPS) is 10.1. The van der Waals surface area contributed by atoms with Crippen LogP contribution in [0.4, 0.5) is 17.1 Å². The first-order valence-electron chi connectivity index (χ1n) is 9.25. The van der Waals surface area contributed by atoms with Gasteiger partial charge in [-0.25, -0.2) is 4.79 Å². The maximum atomic E-state index is 12.4. The largest absolute Gasteiger partial charge is 0.478 e. The van der Waals surface area contributed by atoms with Crippen molar-refractivity contribution in [2.24, 2.45) is 0 Å². The van der Waals surface area contributed by atoms with Gasteiger partial charge in [-0.15, -0.1) is 0 Å². The summed E-state index contributed by atoms with van der Waals surface area (Å²) >= 11 is 0. The number of hydrogen-bond acceptors (Lipinski definition) is 4. The van der Waals surface area contributed by atoms with Gasteiger partial charge in [0.2, 0.25) is 5.91 Å². The Labute approximate surface area is 177 Å². The molecule has 0 saturated carbocycles. The summed E-state index contributed by atoms with van der Waals surface area (Å²) in [5, 5.41) is 17.0. The first-order valence-corrected chi connectivity index (χ1v) is 9.25. The van der Waals surface area contributed by atoms with E-state index in [1.165, 1.54) is 31.2 Å². The van der Waals surface area contributed by atoms with Crippen molar-refractivity contribution in [3.63, 3.8) is 0 Å². The zero-order valence-corrected chi connectivity index (χ0v) is 16.5. The number of benzene rings is 3. The van der Waals surface area contributed by atoms with Crippen LogP contribution in [0.25, 0.3) is 0 Å². The van der Waals surface area contributed by atoms with Crippen LogP contribution < -0.4 is 16.0 Å². The Morgan fingerprint density at radius 3 is 1.19 bits per heavy atom. The molecule has 3 aromatic rings. The first kappa shape index (κ1) is 21.3. The van der Waals surface area contributed by atoms with Crippen molar-refractivity contribution in [2.45, 2.75) is 6.92 Å². The quantitative estimate of drug-likeness (QED) is 0.485. The highest BCUT2D eigenvalue weighted by molar-refractivity contribution is 6.06. The van der Waals surface area contributed by atoms with Crippen LogP contribution in [0.15, 0.2) is 72.8 Å². The van der Waals surface area contributed by atoms with Crippen molar-refractivity contribution < 1.29 is 24.3 Å². The number of aromatic carboxylic acids is 1. The van der Waals surface area contributed by atoms with E-state index in [0.29, 0.717) is 28.2 Å². The van der Waals surface area contributed by atoms with Crippen LogP contribution in [0.1, 0.15) is 38.0 Å². The second-order valence-corrected chi connectivity index (χ2v) is 6.63. The number of carbonyl (C=O) groups is 4. The van der Waals surface area contributed by atoms with E-state index in [4.69, 9.17) is 5.11 Å². The molecule has 0 aromatic heterocycles. The maximum Gasteiger partial charge on any atom is 0.335 e. The number of amides is 3. The Morgan fingerprint density at radius 1 is 0.548 bits per heavy atom. The molecule has 8 nitrogen and oxygen atoms in total. The van der Waals surface area contributed by atoms with Crippen LogP contribution in [-0.4, -0.2) is 28.8 Å². The van der Waals surface area contributed by atoms with Crippen LogP contribution in [0, 0.1) is 0 Å². The van der Waals surface area contributed by atoms with E-state index in [1.807, 2.05) is 0 Å². The SMILES string of the molecule is CC(=O)Nc1ccc(C(=O)Nc2ccc(C(=O)Nc3ccc(C(=O)O)cc3)cc2)cc1. The van der Waals surface area contributed by atoms with Gasteiger partial charge in [0.1, 0.15) is 0 Å². The molecule has 0 heterocycles. The summed E-state index contributed by atoms with van der Waals surface area (Å²) in [6, 6.07) is 18.6. The molecule has 4 N–H and O–H groups in total. The third kappa shape index (κ3) is 5.77. The zero-order chi connectivity index (χ0) is 22.4. The van der Waals surface area contributed by atoms with E-state index in [1.54, 1.807) is 48.5 Å². The van der Waals surface area contributed by atoms with Gasteiger partial charge in [0.25, 0.3) is 11.8 Å². The summed E-state index contributed by atoms with van der Waals surface area (Å²) in [4.78, 5) is 46.6. The zero-order valence-electron chi connectivity index (χ0n) is 16.5. The minimum atomic E-state index is -1.04. The lowest BCUT2D eigenvalue weighted by atomic mass is 10.1. The van der Waals surface area contributed by atoms with Crippen molar-refractivity contribution in [3.8, 4) is 0 Å². The highest BCUT2D eigenvalue weighted by Gasteiger charge is 2.10. The molecular weight excluding hydrogens is 398 g/mol. The lowest BCUT2D eigenvalue weighted by Gasteiger charge is -2.09. The minimum absolute atomic E-state index is 0.128. The molecule has 0 aliphatic carbocycles. The Kier molecular flexibility index (Phi) is 6.42. The Morgan fingerprint density at radius 2 is 0.871 bits per heavy atom. The van der Waals surface area contributed by atoms with Gasteiger partial charge in [-0.1, -0.05) is 0 Å². The van der Waals surface area contributed by atoms with Gasteiger partial charge in [0.05, 0.1) is 5.56 Å². The van der Waals surface area contributed by atoms with Gasteiger partial charge < -0.3 is 21.1 Å². The summed E-state index contributed by atoms with van der Waals surface area (Å²) in [6.07, 6.45) is 0. The van der Waals surface area contributed by atoms with Crippen LogP contribution in [0.2, 0.25) is 0 Å². The molecule has 31 heavy (non-hydrogen) atoms. The molecule has 8 heteroatoms. The summed E-state index contributed by atoms with van der Waals surface area (Å²) in [6.45, 7) is 1.40. The van der Waals surface area contributed by atoms with Gasteiger partial charge in [-0.2, -0.15) is 0 Å². The highest BCUT2D eigenvalue weighted by Crippen LogP contribution is 2.16. The second kappa shape index (κ2) is 9.36. The molecule has 0 saturated heterocycles. The number of hydrogen-bond donors (Lipinski definition) is 4. The number of rotatable bonds is 6. The fraction of sp³-hybridized carbons (Fsp3) is 0.0435. The fourth-order valence-electron chi connectivity index (χ4n) is 2.72. The summed E-state index contributed by atoms with van der Waals surface area (Å²) in [7, 11) is 0. The highest BCUT2D eigenvalue weighted by atomic mass is 16.4. The van der Waals surface area contributed by atoms with Crippen molar-refractivity contribution >= 4 is 40.8 Å². The maximum absolute atomic E-state index is 12.4. The third-order valence-electron chi connectivity index (χ3n) is 4.26. The van der Waals surface area contributed by atoms with E-state index in [-0.39, 0.29) is 23.3 Å². The molecule has 0 atom stereocenters. The monoisotopic (exact) mass is 417 g/mol. The molecule has 0 bridgehead atoms. The van der Waals surface area contributed by atoms with Gasteiger partial charge in [-0.05, 0) is 72.8 Å². The average molecular weight is 417 g/mol. The molecule has 0 unspecified atom stereocenters. The molecule has 0 radical (unpaired) electrons. The summed E-state index contributed by atoms with van der Waals surface area (Å²) < 4.78 is 0. The lowest BCUT2D eigenvalue weighted by Crippen LogP contribution is -2.14. The average Bonchev–Trinajstić information content (AvgIpc) is 2.74. The van der Waals surface area contributed by atoms with Gasteiger partial charge in [-0.3, -0.25) is 14.4 Å². The molecule has 3 amide bonds. The van der Waals surface area contributed by atoms with Crippen molar-refractivity contribution in [1.29, 1.82) is 0 Å². The second-order valence-electron chi connectivity index (χ2n) is 6.63. The van der Waals surface area contributed by atoms with E-state index >= 15 is 0 Å². The third-order valence-corrected chi connectivity index (χ3v) is 4.26.